The number of rotatable bonds is 6. The monoisotopic (exact) mass is 379 g/mol. The van der Waals surface area contributed by atoms with Crippen LogP contribution in [-0.4, -0.2) is 20.1 Å². The third kappa shape index (κ3) is 5.84. The molecule has 0 heterocycles. The van der Waals surface area contributed by atoms with Crippen LogP contribution in [-0.2, 0) is 10.0 Å². The van der Waals surface area contributed by atoms with E-state index < -0.39 is 15.8 Å². The first-order valence-electron chi connectivity index (χ1n) is 7.34. The topological polar surface area (TPSA) is 70.2 Å². The maximum absolute atomic E-state index is 12.9. The first-order valence-corrected chi connectivity index (χ1v) is 9.23. The lowest BCUT2D eigenvalue weighted by Crippen LogP contribution is -2.29. The van der Waals surface area contributed by atoms with Crippen LogP contribution in [0.3, 0.4) is 0 Å². The van der Waals surface area contributed by atoms with Gasteiger partial charge in [-0.1, -0.05) is 12.2 Å². The van der Waals surface area contributed by atoms with E-state index in [2.05, 4.69) is 21.9 Å². The van der Waals surface area contributed by atoms with Crippen molar-refractivity contribution in [2.75, 3.05) is 16.6 Å². The maximum Gasteiger partial charge on any atom is 0.261 e. The zero-order valence-corrected chi connectivity index (χ0v) is 15.2. The fourth-order valence-corrected chi connectivity index (χ4v) is 3.10. The van der Waals surface area contributed by atoms with Crippen molar-refractivity contribution in [2.24, 2.45) is 0 Å². The summed E-state index contributed by atoms with van der Waals surface area (Å²) in [6, 6.07) is 11.2. The normalized spacial score (nSPS) is 10.8. The highest BCUT2D eigenvalue weighted by atomic mass is 32.2. The molecule has 5 nitrogen and oxygen atoms in total. The molecule has 0 bridgehead atoms. The summed E-state index contributed by atoms with van der Waals surface area (Å²) in [5.74, 6) is -0.495. The predicted molar refractivity (Wildman–Crippen MR) is 103 cm³/mol. The van der Waals surface area contributed by atoms with Gasteiger partial charge in [-0.05, 0) is 67.7 Å². The lowest BCUT2D eigenvalue weighted by Gasteiger charge is -2.12. The van der Waals surface area contributed by atoms with Crippen molar-refractivity contribution in [1.29, 1.82) is 0 Å². The van der Waals surface area contributed by atoms with Crippen LogP contribution >= 0.6 is 12.2 Å². The number of hydrogen-bond donors (Lipinski definition) is 3. The molecule has 0 amide bonds. The molecule has 0 aliphatic rings. The molecule has 0 aliphatic carbocycles. The molecule has 132 valence electrons. The third-order valence-electron chi connectivity index (χ3n) is 3.07. The van der Waals surface area contributed by atoms with Crippen LogP contribution in [0.25, 0.3) is 0 Å². The standard InChI is InChI=1S/C17H18FN3O2S2/c1-12(2)11-19-17(24)20-14-5-7-15(8-6-14)21-25(22,23)16-9-3-13(18)4-10-16/h3-10,21H,1,11H2,2H3,(H2,19,20,24). The number of hydrogen-bond acceptors (Lipinski definition) is 3. The molecule has 0 radical (unpaired) electrons. The predicted octanol–water partition coefficient (Wildman–Crippen LogP) is 3.49. The van der Waals surface area contributed by atoms with E-state index in [0.29, 0.717) is 23.0 Å². The van der Waals surface area contributed by atoms with Crippen LogP contribution in [0, 0.1) is 5.82 Å². The minimum atomic E-state index is -3.77. The first kappa shape index (κ1) is 18.9. The number of benzene rings is 2. The maximum atomic E-state index is 12.9. The van der Waals surface area contributed by atoms with Crippen LogP contribution in [0.2, 0.25) is 0 Å². The molecule has 0 saturated heterocycles. The molecule has 0 unspecified atom stereocenters. The highest BCUT2D eigenvalue weighted by Gasteiger charge is 2.14. The summed E-state index contributed by atoms with van der Waals surface area (Å²) in [6.45, 7) is 6.23. The summed E-state index contributed by atoms with van der Waals surface area (Å²) in [5, 5.41) is 6.42. The van der Waals surface area contributed by atoms with E-state index in [-0.39, 0.29) is 4.90 Å². The van der Waals surface area contributed by atoms with Gasteiger partial charge in [-0.15, -0.1) is 0 Å². The highest BCUT2D eigenvalue weighted by Crippen LogP contribution is 2.18. The molecular weight excluding hydrogens is 361 g/mol. The summed E-state index contributed by atoms with van der Waals surface area (Å²) in [6.07, 6.45) is 0. The van der Waals surface area contributed by atoms with Crippen LogP contribution in [0.5, 0.6) is 0 Å². The Morgan fingerprint density at radius 1 is 1.08 bits per heavy atom. The van der Waals surface area contributed by atoms with Gasteiger partial charge in [0, 0.05) is 17.9 Å². The molecule has 8 heteroatoms. The first-order chi connectivity index (χ1) is 11.8. The second-order valence-corrected chi connectivity index (χ2v) is 7.49. The van der Waals surface area contributed by atoms with E-state index in [4.69, 9.17) is 12.2 Å². The quantitative estimate of drug-likeness (QED) is 0.529. The summed E-state index contributed by atoms with van der Waals surface area (Å²) in [4.78, 5) is -0.0127. The van der Waals surface area contributed by atoms with Gasteiger partial charge >= 0.3 is 0 Å². The zero-order chi connectivity index (χ0) is 18.4. The van der Waals surface area contributed by atoms with Gasteiger partial charge in [0.1, 0.15) is 5.82 Å². The van der Waals surface area contributed by atoms with Crippen molar-refractivity contribution in [2.45, 2.75) is 11.8 Å². The van der Waals surface area contributed by atoms with Crippen molar-refractivity contribution < 1.29 is 12.8 Å². The Labute approximate surface area is 152 Å². The Kier molecular flexibility index (Phi) is 6.11. The van der Waals surface area contributed by atoms with Gasteiger partial charge in [-0.2, -0.15) is 0 Å². The summed E-state index contributed by atoms with van der Waals surface area (Å²) in [7, 11) is -3.77. The van der Waals surface area contributed by atoms with E-state index in [1.807, 2.05) is 6.92 Å². The molecule has 0 atom stereocenters. The zero-order valence-electron chi connectivity index (χ0n) is 13.5. The van der Waals surface area contributed by atoms with Crippen molar-refractivity contribution in [3.63, 3.8) is 0 Å². The molecule has 25 heavy (non-hydrogen) atoms. The summed E-state index contributed by atoms with van der Waals surface area (Å²) in [5.41, 5.74) is 2.05. The molecule has 0 aromatic heterocycles. The van der Waals surface area contributed by atoms with Gasteiger partial charge in [-0.25, -0.2) is 12.8 Å². The Balaban J connectivity index is 2.01. The minimum absolute atomic E-state index is 0.0127. The van der Waals surface area contributed by atoms with Gasteiger partial charge in [-0.3, -0.25) is 4.72 Å². The van der Waals surface area contributed by atoms with E-state index in [0.717, 1.165) is 17.7 Å². The number of halogens is 1. The van der Waals surface area contributed by atoms with Gasteiger partial charge < -0.3 is 10.6 Å². The molecule has 3 N–H and O–H groups in total. The molecule has 0 aliphatic heterocycles. The van der Waals surface area contributed by atoms with Gasteiger partial charge in [0.25, 0.3) is 10.0 Å². The molecular formula is C17H18FN3O2S2. The van der Waals surface area contributed by atoms with Crippen molar-refractivity contribution >= 4 is 38.7 Å². The third-order valence-corrected chi connectivity index (χ3v) is 4.71. The van der Waals surface area contributed by atoms with E-state index >= 15 is 0 Å². The van der Waals surface area contributed by atoms with Crippen LogP contribution < -0.4 is 15.4 Å². The van der Waals surface area contributed by atoms with Gasteiger partial charge in [0.2, 0.25) is 0 Å². The number of thiocarbonyl (C=S) groups is 1. The molecule has 0 saturated carbocycles. The SMILES string of the molecule is C=C(C)CNC(=S)Nc1ccc(NS(=O)(=O)c2ccc(F)cc2)cc1. The Hall–Kier alpha value is -2.45. The van der Waals surface area contributed by atoms with E-state index in [9.17, 15) is 12.8 Å². The Bertz CT molecular complexity index is 864. The van der Waals surface area contributed by atoms with Crippen molar-refractivity contribution in [3.05, 3.63) is 66.5 Å². The lowest BCUT2D eigenvalue weighted by atomic mass is 10.3. The van der Waals surface area contributed by atoms with Crippen LogP contribution in [0.4, 0.5) is 15.8 Å². The highest BCUT2D eigenvalue weighted by molar-refractivity contribution is 7.92. The Morgan fingerprint density at radius 2 is 1.64 bits per heavy atom. The van der Waals surface area contributed by atoms with Crippen molar-refractivity contribution in [1.82, 2.24) is 5.32 Å². The molecule has 2 aromatic rings. The summed E-state index contributed by atoms with van der Waals surface area (Å²) < 4.78 is 39.8. The number of anilines is 2. The lowest BCUT2D eigenvalue weighted by molar-refractivity contribution is 0.599. The number of nitrogens with one attached hydrogen (secondary N) is 3. The smallest absolute Gasteiger partial charge is 0.261 e. The minimum Gasteiger partial charge on any atom is -0.359 e. The van der Waals surface area contributed by atoms with E-state index in [1.54, 1.807) is 24.3 Å². The fraction of sp³-hybridized carbons (Fsp3) is 0.118. The molecule has 0 spiro atoms. The van der Waals surface area contributed by atoms with Crippen LogP contribution in [0.1, 0.15) is 6.92 Å². The average Bonchev–Trinajstić information content (AvgIpc) is 2.55. The summed E-state index contributed by atoms with van der Waals surface area (Å²) >= 11 is 5.14. The molecule has 2 aromatic carbocycles. The average molecular weight is 379 g/mol. The molecule has 0 fully saturated rings. The second kappa shape index (κ2) is 8.09. The fourth-order valence-electron chi connectivity index (χ4n) is 1.86. The number of sulfonamides is 1. The van der Waals surface area contributed by atoms with Gasteiger partial charge in [0.15, 0.2) is 5.11 Å². The van der Waals surface area contributed by atoms with Crippen molar-refractivity contribution in [3.8, 4) is 0 Å². The second-order valence-electron chi connectivity index (χ2n) is 5.40. The van der Waals surface area contributed by atoms with Gasteiger partial charge in [0.05, 0.1) is 4.90 Å². The van der Waals surface area contributed by atoms with Crippen LogP contribution in [0.15, 0.2) is 65.6 Å². The molecule has 2 rings (SSSR count). The van der Waals surface area contributed by atoms with E-state index in [1.165, 1.54) is 12.1 Å². The Morgan fingerprint density at radius 3 is 2.20 bits per heavy atom. The largest absolute Gasteiger partial charge is 0.359 e.